The van der Waals surface area contributed by atoms with Crippen LogP contribution in [0.1, 0.15) is 17.5 Å². The monoisotopic (exact) mass is 322 g/mol. The highest BCUT2D eigenvalue weighted by Gasteiger charge is 2.37. The van der Waals surface area contributed by atoms with E-state index in [0.717, 1.165) is 6.07 Å². The molecule has 2 N–H and O–H groups in total. The Kier molecular flexibility index (Phi) is 4.21. The molecule has 1 aliphatic heterocycles. The minimum Gasteiger partial charge on any atom is -0.370 e. The fourth-order valence-electron chi connectivity index (χ4n) is 2.52. The van der Waals surface area contributed by atoms with Crippen LogP contribution < -0.4 is 10.6 Å². The number of hydrogen-bond donors (Lipinski definition) is 1. The van der Waals surface area contributed by atoms with Crippen molar-refractivity contribution in [3.05, 3.63) is 29.3 Å². The maximum absolute atomic E-state index is 13.2. The van der Waals surface area contributed by atoms with E-state index in [-0.39, 0.29) is 23.7 Å². The van der Waals surface area contributed by atoms with E-state index in [0.29, 0.717) is 12.0 Å². The molecular weight excluding hydrogens is 305 g/mol. The van der Waals surface area contributed by atoms with E-state index in [1.165, 1.54) is 24.1 Å². The largest absolute Gasteiger partial charge is 0.418 e. The van der Waals surface area contributed by atoms with E-state index < -0.39 is 27.6 Å². The third-order valence-electron chi connectivity index (χ3n) is 3.74. The van der Waals surface area contributed by atoms with E-state index in [1.807, 2.05) is 0 Å². The molecule has 1 aromatic rings. The molecule has 8 heteroatoms. The maximum Gasteiger partial charge on any atom is 0.418 e. The average molecular weight is 322 g/mol. The van der Waals surface area contributed by atoms with Gasteiger partial charge in [0.25, 0.3) is 0 Å². The number of nitrogens with two attached hydrogens (primary N) is 1. The normalized spacial score (nSPS) is 21.5. The van der Waals surface area contributed by atoms with Crippen molar-refractivity contribution in [2.24, 2.45) is 5.73 Å². The topological polar surface area (TPSA) is 63.4 Å². The molecule has 1 fully saturated rings. The maximum atomic E-state index is 13.2. The van der Waals surface area contributed by atoms with Gasteiger partial charge in [0.1, 0.15) is 0 Å². The highest BCUT2D eigenvalue weighted by molar-refractivity contribution is 7.91. The Morgan fingerprint density at radius 1 is 1.38 bits per heavy atom. The second-order valence-corrected chi connectivity index (χ2v) is 7.45. The zero-order valence-corrected chi connectivity index (χ0v) is 12.3. The van der Waals surface area contributed by atoms with Crippen LogP contribution in [0.2, 0.25) is 0 Å². The summed E-state index contributed by atoms with van der Waals surface area (Å²) in [6.07, 6.45) is -4.17. The summed E-state index contributed by atoms with van der Waals surface area (Å²) in [6, 6.07) is 3.48. The first-order valence-corrected chi connectivity index (χ1v) is 8.29. The summed E-state index contributed by atoms with van der Waals surface area (Å²) in [5, 5.41) is 0. The molecule has 1 aromatic carbocycles. The van der Waals surface area contributed by atoms with Gasteiger partial charge in [-0.1, -0.05) is 6.07 Å². The van der Waals surface area contributed by atoms with E-state index >= 15 is 0 Å². The van der Waals surface area contributed by atoms with Gasteiger partial charge in [-0.2, -0.15) is 13.2 Å². The van der Waals surface area contributed by atoms with E-state index in [1.54, 1.807) is 0 Å². The number of alkyl halides is 3. The van der Waals surface area contributed by atoms with Gasteiger partial charge < -0.3 is 10.6 Å². The Labute approximate surface area is 121 Å². The van der Waals surface area contributed by atoms with Gasteiger partial charge in [-0.15, -0.1) is 0 Å². The molecule has 0 amide bonds. The van der Waals surface area contributed by atoms with Crippen LogP contribution in [-0.4, -0.2) is 33.0 Å². The predicted octanol–water partition coefficient (Wildman–Crippen LogP) is 1.79. The summed E-state index contributed by atoms with van der Waals surface area (Å²) in [5.74, 6) is -0.0936. The zero-order valence-electron chi connectivity index (χ0n) is 11.5. The molecule has 0 aromatic heterocycles. The van der Waals surface area contributed by atoms with Gasteiger partial charge in [-0.3, -0.25) is 0 Å². The van der Waals surface area contributed by atoms with Crippen molar-refractivity contribution in [3.8, 4) is 0 Å². The first-order chi connectivity index (χ1) is 9.64. The molecule has 0 spiro atoms. The van der Waals surface area contributed by atoms with Gasteiger partial charge in [-0.25, -0.2) is 8.42 Å². The number of nitrogens with zero attached hydrogens (tertiary/aromatic N) is 1. The number of hydrogen-bond acceptors (Lipinski definition) is 4. The molecule has 118 valence electrons. The van der Waals surface area contributed by atoms with Crippen molar-refractivity contribution >= 4 is 15.5 Å². The standard InChI is InChI=1S/C13H17F3N2O2S/c1-18(10-4-5-21(19,20)8-10)12-3-2-9(7-17)6-11(12)13(14,15)16/h2-3,6,10H,4-5,7-8,17H2,1H3. The SMILES string of the molecule is CN(c1ccc(CN)cc1C(F)(F)F)C1CCS(=O)(=O)C1. The Morgan fingerprint density at radius 3 is 2.52 bits per heavy atom. The average Bonchev–Trinajstić information content (AvgIpc) is 2.76. The summed E-state index contributed by atoms with van der Waals surface area (Å²) in [7, 11) is -1.65. The lowest BCUT2D eigenvalue weighted by Crippen LogP contribution is -2.34. The van der Waals surface area contributed by atoms with Crippen molar-refractivity contribution in [2.75, 3.05) is 23.5 Å². The second-order valence-electron chi connectivity index (χ2n) is 5.22. The summed E-state index contributed by atoms with van der Waals surface area (Å²) < 4.78 is 62.5. The lowest BCUT2D eigenvalue weighted by atomic mass is 10.1. The lowest BCUT2D eigenvalue weighted by Gasteiger charge is -2.28. The van der Waals surface area contributed by atoms with Crippen LogP contribution in [0.15, 0.2) is 18.2 Å². The van der Waals surface area contributed by atoms with Crippen LogP contribution in [0.4, 0.5) is 18.9 Å². The highest BCUT2D eigenvalue weighted by Crippen LogP contribution is 2.38. The van der Waals surface area contributed by atoms with Gasteiger partial charge in [0, 0.05) is 25.3 Å². The number of sulfone groups is 1. The molecule has 1 unspecified atom stereocenters. The van der Waals surface area contributed by atoms with Crippen molar-refractivity contribution < 1.29 is 21.6 Å². The van der Waals surface area contributed by atoms with Crippen LogP contribution in [-0.2, 0) is 22.6 Å². The quantitative estimate of drug-likeness (QED) is 0.921. The van der Waals surface area contributed by atoms with Crippen molar-refractivity contribution in [1.29, 1.82) is 0 Å². The molecule has 1 heterocycles. The highest BCUT2D eigenvalue weighted by atomic mass is 32.2. The molecular formula is C13H17F3N2O2S. The van der Waals surface area contributed by atoms with Crippen LogP contribution >= 0.6 is 0 Å². The molecule has 0 radical (unpaired) electrons. The van der Waals surface area contributed by atoms with E-state index in [4.69, 9.17) is 5.73 Å². The smallest absolute Gasteiger partial charge is 0.370 e. The van der Waals surface area contributed by atoms with Crippen LogP contribution in [0, 0.1) is 0 Å². The van der Waals surface area contributed by atoms with Gasteiger partial charge >= 0.3 is 6.18 Å². The molecule has 0 bridgehead atoms. The molecule has 0 saturated carbocycles. The van der Waals surface area contributed by atoms with Crippen molar-refractivity contribution in [1.82, 2.24) is 0 Å². The first kappa shape index (κ1) is 16.1. The predicted molar refractivity (Wildman–Crippen MR) is 74.8 cm³/mol. The summed E-state index contributed by atoms with van der Waals surface area (Å²) in [5.41, 5.74) is 4.98. The Morgan fingerprint density at radius 2 is 2.05 bits per heavy atom. The van der Waals surface area contributed by atoms with Gasteiger partial charge in [0.2, 0.25) is 0 Å². The third kappa shape index (κ3) is 3.49. The Bertz CT molecular complexity index is 629. The van der Waals surface area contributed by atoms with Crippen molar-refractivity contribution in [2.45, 2.75) is 25.2 Å². The second kappa shape index (κ2) is 5.49. The van der Waals surface area contributed by atoms with E-state index in [2.05, 4.69) is 0 Å². The third-order valence-corrected chi connectivity index (χ3v) is 5.49. The summed E-state index contributed by atoms with van der Waals surface area (Å²) in [4.78, 5) is 1.41. The van der Waals surface area contributed by atoms with Crippen LogP contribution in [0.3, 0.4) is 0 Å². The van der Waals surface area contributed by atoms with Gasteiger partial charge in [0.15, 0.2) is 9.84 Å². The molecule has 2 rings (SSSR count). The number of anilines is 1. The summed E-state index contributed by atoms with van der Waals surface area (Å²) in [6.45, 7) is 0.0187. The molecule has 1 aliphatic rings. The number of benzene rings is 1. The van der Waals surface area contributed by atoms with Crippen molar-refractivity contribution in [3.63, 3.8) is 0 Å². The zero-order chi connectivity index (χ0) is 15.8. The molecule has 1 saturated heterocycles. The fraction of sp³-hybridized carbons (Fsp3) is 0.538. The Hall–Kier alpha value is -1.28. The van der Waals surface area contributed by atoms with E-state index in [9.17, 15) is 21.6 Å². The number of rotatable bonds is 3. The minimum absolute atomic E-state index is 0.0122. The minimum atomic E-state index is -4.51. The molecule has 1 atom stereocenters. The fourth-order valence-corrected chi connectivity index (χ4v) is 4.30. The first-order valence-electron chi connectivity index (χ1n) is 6.47. The molecule has 4 nitrogen and oxygen atoms in total. The molecule has 0 aliphatic carbocycles. The van der Waals surface area contributed by atoms with Gasteiger partial charge in [0.05, 0.1) is 17.1 Å². The van der Waals surface area contributed by atoms with Crippen LogP contribution in [0.25, 0.3) is 0 Å². The summed E-state index contributed by atoms with van der Waals surface area (Å²) >= 11 is 0. The van der Waals surface area contributed by atoms with Crippen LogP contribution in [0.5, 0.6) is 0 Å². The van der Waals surface area contributed by atoms with Gasteiger partial charge in [-0.05, 0) is 24.1 Å². The Balaban J connectivity index is 2.39. The number of halogens is 3. The lowest BCUT2D eigenvalue weighted by molar-refractivity contribution is -0.137. The molecule has 21 heavy (non-hydrogen) atoms.